The van der Waals surface area contributed by atoms with Crippen LogP contribution in [-0.2, 0) is 0 Å². The lowest BCUT2D eigenvalue weighted by Crippen LogP contribution is -1.91. The summed E-state index contributed by atoms with van der Waals surface area (Å²) in [6, 6.07) is 0. The maximum atomic E-state index is 2.47. The Morgan fingerprint density at radius 3 is 1.56 bits per heavy atom. The fourth-order valence-electron chi connectivity index (χ4n) is 2.29. The zero-order valence-corrected chi connectivity index (χ0v) is 14.4. The van der Waals surface area contributed by atoms with E-state index in [9.17, 15) is 0 Å². The third-order valence-corrected chi connectivity index (χ3v) is 4.54. The van der Waals surface area contributed by atoms with Gasteiger partial charge in [-0.3, -0.25) is 0 Å². The molecule has 0 aromatic rings. The first-order chi connectivity index (χ1) is 8.77. The Kier molecular flexibility index (Phi) is 15.6. The lowest BCUT2D eigenvalue weighted by molar-refractivity contribution is 0.550. The van der Waals surface area contributed by atoms with Gasteiger partial charge in [0.05, 0.1) is 0 Å². The maximum Gasteiger partial charge on any atom is 0.287 e. The van der Waals surface area contributed by atoms with Crippen LogP contribution in [0.25, 0.3) is 0 Å². The fraction of sp³-hybridized carbons (Fsp3) is 0.882. The molecule has 0 spiro atoms. The van der Waals surface area contributed by atoms with Crippen molar-refractivity contribution < 1.29 is 0 Å². The van der Waals surface area contributed by atoms with Gasteiger partial charge >= 0.3 is 0 Å². The van der Waals surface area contributed by atoms with Crippen LogP contribution in [-0.4, -0.2) is 14.1 Å². The summed E-state index contributed by atoms with van der Waals surface area (Å²) in [6.07, 6.45) is 19.7. The summed E-state index contributed by atoms with van der Waals surface area (Å²) >= 11 is -0.438. The van der Waals surface area contributed by atoms with Gasteiger partial charge in [-0.25, -0.2) is 0 Å². The molecule has 0 aliphatic rings. The van der Waals surface area contributed by atoms with Crippen LogP contribution >= 0.6 is 0 Å². The Bertz CT molecular complexity index is 172. The maximum absolute atomic E-state index is 2.47. The zero-order chi connectivity index (χ0) is 13.5. The van der Waals surface area contributed by atoms with Crippen molar-refractivity contribution in [3.63, 3.8) is 0 Å². The summed E-state index contributed by atoms with van der Waals surface area (Å²) in [4.78, 5) is 2.47. The van der Waals surface area contributed by atoms with E-state index >= 15 is 0 Å². The summed E-state index contributed by atoms with van der Waals surface area (Å²) < 4.78 is 0. The van der Waals surface area contributed by atoms with E-state index < -0.39 is 14.1 Å². The molecule has 1 heteroatoms. The first-order valence-electron chi connectivity index (χ1n) is 8.44. The van der Waals surface area contributed by atoms with Gasteiger partial charge < -0.3 is 0 Å². The van der Waals surface area contributed by atoms with E-state index in [1.54, 1.807) is 0 Å². The summed E-state index contributed by atoms with van der Waals surface area (Å²) in [5.41, 5.74) is 0. The Morgan fingerprint density at radius 2 is 1.11 bits per heavy atom. The molecule has 0 aromatic carbocycles. The van der Waals surface area contributed by atoms with E-state index in [1.165, 1.54) is 77.0 Å². The van der Waals surface area contributed by atoms with Crippen LogP contribution in [0, 0.1) is 0 Å². The monoisotopic (exact) mass is 266 g/mol. The average Bonchev–Trinajstić information content (AvgIpc) is 2.34. The summed E-state index contributed by atoms with van der Waals surface area (Å²) in [5.74, 6) is 4.77. The summed E-state index contributed by atoms with van der Waals surface area (Å²) in [7, 11) is 0. The first-order valence-corrected chi connectivity index (χ1v) is 11.4. The zero-order valence-electron chi connectivity index (χ0n) is 13.2. The second kappa shape index (κ2) is 15.3. The van der Waals surface area contributed by atoms with E-state index in [1.807, 2.05) is 0 Å². The lowest BCUT2D eigenvalue weighted by atomic mass is 10.1. The molecule has 106 valence electrons. The van der Waals surface area contributed by atoms with Gasteiger partial charge in [0.1, 0.15) is 0 Å². The highest BCUT2D eigenvalue weighted by Gasteiger charge is 1.94. The highest BCUT2D eigenvalue weighted by atomic mass is 27.2. The molecule has 0 radical (unpaired) electrons. The second-order valence-corrected chi connectivity index (χ2v) is 8.87. The van der Waals surface area contributed by atoms with Crippen LogP contribution in [0.2, 0.25) is 11.6 Å². The number of hydrogen-bond acceptors (Lipinski definition) is 0. The molecule has 0 aromatic heterocycles. The first kappa shape index (κ1) is 18.3. The van der Waals surface area contributed by atoms with Gasteiger partial charge in [0, 0.05) is 0 Å². The Labute approximate surface area is 121 Å². The van der Waals surface area contributed by atoms with Crippen LogP contribution in [0.15, 0.2) is 11.0 Å². The van der Waals surface area contributed by atoms with Crippen LogP contribution < -0.4 is 0 Å². The molecule has 18 heavy (non-hydrogen) atoms. The van der Waals surface area contributed by atoms with Crippen molar-refractivity contribution in [3.05, 3.63) is 11.0 Å². The van der Waals surface area contributed by atoms with Crippen molar-refractivity contribution in [1.29, 1.82) is 0 Å². The van der Waals surface area contributed by atoms with Crippen molar-refractivity contribution in [1.82, 2.24) is 0 Å². The molecular formula is C17H35Al. The Hall–Kier alpha value is 0.272. The normalized spacial score (nSPS) is 11.3. The van der Waals surface area contributed by atoms with E-state index in [2.05, 4.69) is 29.5 Å². The minimum Gasteiger partial charge on any atom is -0.149 e. The SMILES string of the molecule is CCCCCCCCCCCCC/C=[CH]/[Al]([CH3])[CH3]. The number of allylic oxidation sites excluding steroid dienone is 1. The molecule has 0 unspecified atom stereocenters. The van der Waals surface area contributed by atoms with Crippen LogP contribution in [0.5, 0.6) is 0 Å². The van der Waals surface area contributed by atoms with Gasteiger partial charge in [0.2, 0.25) is 0 Å². The van der Waals surface area contributed by atoms with Crippen LogP contribution in [0.3, 0.4) is 0 Å². The van der Waals surface area contributed by atoms with Gasteiger partial charge in [-0.15, -0.1) is 22.6 Å². The van der Waals surface area contributed by atoms with Gasteiger partial charge in [-0.05, 0) is 12.8 Å². The molecule has 0 atom stereocenters. The van der Waals surface area contributed by atoms with Crippen molar-refractivity contribution >= 4 is 14.1 Å². The van der Waals surface area contributed by atoms with E-state index in [-0.39, 0.29) is 0 Å². The van der Waals surface area contributed by atoms with Gasteiger partial charge in [0.15, 0.2) is 0 Å². The van der Waals surface area contributed by atoms with Gasteiger partial charge in [0.25, 0.3) is 14.1 Å². The molecule has 0 fully saturated rings. The van der Waals surface area contributed by atoms with Gasteiger partial charge in [-0.1, -0.05) is 71.1 Å². The number of hydrogen-bond donors (Lipinski definition) is 0. The average molecular weight is 266 g/mol. The largest absolute Gasteiger partial charge is 0.287 e. The Balaban J connectivity index is 2.99. The predicted octanol–water partition coefficient (Wildman–Crippen LogP) is 6.54. The van der Waals surface area contributed by atoms with Crippen molar-refractivity contribution in [3.8, 4) is 0 Å². The molecule has 0 saturated heterocycles. The van der Waals surface area contributed by atoms with Crippen molar-refractivity contribution in [2.24, 2.45) is 0 Å². The fourth-order valence-corrected chi connectivity index (χ4v) is 3.03. The smallest absolute Gasteiger partial charge is 0.149 e. The molecule has 0 aliphatic carbocycles. The van der Waals surface area contributed by atoms with Crippen molar-refractivity contribution in [2.45, 2.75) is 95.5 Å². The standard InChI is InChI=1S/C15H29.2CH3.Al/c1-3-5-7-9-11-13-15-14-12-10-8-6-4-2;;;/h1,3H,4-15H2,2H3;2*1H3;. The highest BCUT2D eigenvalue weighted by Crippen LogP contribution is 2.11. The molecule has 0 aliphatic heterocycles. The minimum atomic E-state index is -0.438. The predicted molar refractivity (Wildman–Crippen MR) is 87.7 cm³/mol. The minimum absolute atomic E-state index is 0.438. The molecule has 0 nitrogen and oxygen atoms in total. The summed E-state index contributed by atoms with van der Waals surface area (Å²) in [5, 5.41) is 0. The van der Waals surface area contributed by atoms with Crippen LogP contribution in [0.4, 0.5) is 0 Å². The third kappa shape index (κ3) is 16.3. The highest BCUT2D eigenvalue weighted by molar-refractivity contribution is 6.61. The topological polar surface area (TPSA) is 0 Å². The lowest BCUT2D eigenvalue weighted by Gasteiger charge is -2.01. The molecule has 0 rings (SSSR count). The van der Waals surface area contributed by atoms with E-state index in [0.29, 0.717) is 0 Å². The van der Waals surface area contributed by atoms with Crippen LogP contribution in [0.1, 0.15) is 84.0 Å². The summed E-state index contributed by atoms with van der Waals surface area (Å²) in [6.45, 7) is 2.29. The number of rotatable bonds is 13. The quantitative estimate of drug-likeness (QED) is 0.262. The molecule has 0 amide bonds. The van der Waals surface area contributed by atoms with Gasteiger partial charge in [-0.2, -0.15) is 0 Å². The molecule has 0 N–H and O–H groups in total. The molecular weight excluding hydrogens is 231 g/mol. The second-order valence-electron chi connectivity index (χ2n) is 6.00. The molecule has 0 bridgehead atoms. The molecule has 0 saturated carbocycles. The van der Waals surface area contributed by atoms with E-state index in [4.69, 9.17) is 0 Å². The van der Waals surface area contributed by atoms with Crippen molar-refractivity contribution in [2.75, 3.05) is 0 Å². The third-order valence-electron chi connectivity index (χ3n) is 3.50. The molecule has 0 heterocycles. The number of unbranched alkanes of at least 4 members (excludes halogenated alkanes) is 11. The van der Waals surface area contributed by atoms with E-state index in [0.717, 1.165) is 0 Å². The Morgan fingerprint density at radius 1 is 0.667 bits per heavy atom.